The summed E-state index contributed by atoms with van der Waals surface area (Å²) in [5.41, 5.74) is 1.31. The number of carboxylic acids is 1. The van der Waals surface area contributed by atoms with Gasteiger partial charge < -0.3 is 14.7 Å². The quantitative estimate of drug-likeness (QED) is 0.933. The number of nitrogens with zero attached hydrogens (tertiary/aromatic N) is 2. The number of carboxylic acid groups (broad SMARTS) is 1. The minimum atomic E-state index is -0.866. The number of para-hydroxylation sites is 1. The van der Waals surface area contributed by atoms with Crippen molar-refractivity contribution in [2.75, 3.05) is 11.4 Å². The van der Waals surface area contributed by atoms with Crippen molar-refractivity contribution in [3.05, 3.63) is 54.4 Å². The maximum absolute atomic E-state index is 12.8. The Morgan fingerprint density at radius 3 is 2.79 bits per heavy atom. The normalized spacial score (nSPS) is 17.7. The van der Waals surface area contributed by atoms with Crippen LogP contribution in [0.1, 0.15) is 24.8 Å². The molecule has 1 aliphatic heterocycles. The minimum absolute atomic E-state index is 0.199. The smallest absolute Gasteiger partial charge is 0.311 e. The van der Waals surface area contributed by atoms with Crippen molar-refractivity contribution in [2.45, 2.75) is 25.4 Å². The molecule has 0 aliphatic carbocycles. The largest absolute Gasteiger partial charge is 0.481 e. The van der Waals surface area contributed by atoms with Crippen molar-refractivity contribution in [1.82, 2.24) is 4.98 Å². The van der Waals surface area contributed by atoms with Crippen LogP contribution in [0.5, 0.6) is 5.75 Å². The standard InChI is InChI=1S/C18H18N2O4/c1-12(24-13-5-4-9-19-11-13)17(21)20-10-8-15(18(22)23)14-6-2-3-7-16(14)20/h2-7,9,11-12,15H,8,10H2,1H3,(H,22,23). The number of hydrogen-bond acceptors (Lipinski definition) is 4. The first kappa shape index (κ1) is 16.0. The average Bonchev–Trinajstić information content (AvgIpc) is 2.60. The highest BCUT2D eigenvalue weighted by Crippen LogP contribution is 2.35. The topological polar surface area (TPSA) is 79.7 Å². The van der Waals surface area contributed by atoms with E-state index in [-0.39, 0.29) is 5.91 Å². The van der Waals surface area contributed by atoms with Gasteiger partial charge in [-0.3, -0.25) is 14.6 Å². The van der Waals surface area contributed by atoms with E-state index >= 15 is 0 Å². The second kappa shape index (κ2) is 6.70. The van der Waals surface area contributed by atoms with E-state index < -0.39 is 18.0 Å². The van der Waals surface area contributed by atoms with Gasteiger partial charge >= 0.3 is 5.97 Å². The molecule has 0 saturated carbocycles. The van der Waals surface area contributed by atoms with E-state index in [0.717, 1.165) is 0 Å². The lowest BCUT2D eigenvalue weighted by Gasteiger charge is -2.34. The summed E-state index contributed by atoms with van der Waals surface area (Å²) < 4.78 is 5.65. The third kappa shape index (κ3) is 3.08. The van der Waals surface area contributed by atoms with E-state index in [2.05, 4.69) is 4.98 Å². The number of anilines is 1. The van der Waals surface area contributed by atoms with Gasteiger partial charge in [-0.15, -0.1) is 0 Å². The van der Waals surface area contributed by atoms with Crippen LogP contribution in [0.4, 0.5) is 5.69 Å². The minimum Gasteiger partial charge on any atom is -0.481 e. The SMILES string of the molecule is CC(Oc1cccnc1)C(=O)N1CCC(C(=O)O)c2ccccc21. The molecule has 24 heavy (non-hydrogen) atoms. The Balaban J connectivity index is 1.82. The van der Waals surface area contributed by atoms with Gasteiger partial charge in [0.15, 0.2) is 6.10 Å². The molecule has 0 fully saturated rings. The fourth-order valence-electron chi connectivity index (χ4n) is 2.94. The van der Waals surface area contributed by atoms with Crippen molar-refractivity contribution in [2.24, 2.45) is 0 Å². The maximum Gasteiger partial charge on any atom is 0.311 e. The predicted octanol–water partition coefficient (Wildman–Crippen LogP) is 2.45. The molecule has 2 unspecified atom stereocenters. The summed E-state index contributed by atoms with van der Waals surface area (Å²) in [5, 5.41) is 9.38. The molecule has 2 heterocycles. The highest BCUT2D eigenvalue weighted by atomic mass is 16.5. The van der Waals surface area contributed by atoms with Gasteiger partial charge in [-0.25, -0.2) is 0 Å². The number of fused-ring (bicyclic) bond motifs is 1. The van der Waals surface area contributed by atoms with Gasteiger partial charge in [-0.05, 0) is 37.1 Å². The molecule has 0 saturated heterocycles. The molecule has 0 bridgehead atoms. The summed E-state index contributed by atoms with van der Waals surface area (Å²) in [4.78, 5) is 29.8. The fourth-order valence-corrected chi connectivity index (χ4v) is 2.94. The summed E-state index contributed by atoms with van der Waals surface area (Å²) in [6.07, 6.45) is 2.88. The number of pyridine rings is 1. The first-order chi connectivity index (χ1) is 11.6. The highest BCUT2D eigenvalue weighted by Gasteiger charge is 2.34. The Kier molecular flexibility index (Phi) is 4.46. The Hall–Kier alpha value is -2.89. The van der Waals surface area contributed by atoms with E-state index in [0.29, 0.717) is 30.0 Å². The molecule has 1 aromatic heterocycles. The lowest BCUT2D eigenvalue weighted by Crippen LogP contribution is -2.44. The molecular weight excluding hydrogens is 308 g/mol. The molecule has 1 aliphatic rings. The first-order valence-corrected chi connectivity index (χ1v) is 7.77. The Morgan fingerprint density at radius 2 is 2.08 bits per heavy atom. The van der Waals surface area contributed by atoms with Crippen LogP contribution in [0, 0.1) is 0 Å². The summed E-state index contributed by atoms with van der Waals surface area (Å²) in [6, 6.07) is 10.6. The van der Waals surface area contributed by atoms with Gasteiger partial charge in [-0.1, -0.05) is 18.2 Å². The molecule has 6 heteroatoms. The number of aliphatic carboxylic acids is 1. The molecule has 1 N–H and O–H groups in total. The molecule has 3 rings (SSSR count). The molecule has 1 aromatic carbocycles. The van der Waals surface area contributed by atoms with E-state index in [1.165, 1.54) is 0 Å². The van der Waals surface area contributed by atoms with E-state index in [9.17, 15) is 14.7 Å². The zero-order valence-corrected chi connectivity index (χ0v) is 13.3. The van der Waals surface area contributed by atoms with Gasteiger partial charge in [0.25, 0.3) is 5.91 Å². The predicted molar refractivity (Wildman–Crippen MR) is 88.1 cm³/mol. The molecule has 6 nitrogen and oxygen atoms in total. The molecule has 2 aromatic rings. The number of hydrogen-bond donors (Lipinski definition) is 1. The highest BCUT2D eigenvalue weighted by molar-refractivity contribution is 5.99. The number of aromatic nitrogens is 1. The van der Waals surface area contributed by atoms with Crippen LogP contribution in [0.3, 0.4) is 0 Å². The summed E-state index contributed by atoms with van der Waals surface area (Å²) in [7, 11) is 0. The van der Waals surface area contributed by atoms with Crippen LogP contribution in [0.15, 0.2) is 48.8 Å². The molecular formula is C18H18N2O4. The summed E-state index contributed by atoms with van der Waals surface area (Å²) in [5.74, 6) is -1.13. The van der Waals surface area contributed by atoms with Crippen molar-refractivity contribution < 1.29 is 19.4 Å². The number of benzene rings is 1. The van der Waals surface area contributed by atoms with Crippen molar-refractivity contribution in [1.29, 1.82) is 0 Å². The average molecular weight is 326 g/mol. The fraction of sp³-hybridized carbons (Fsp3) is 0.278. The summed E-state index contributed by atoms with van der Waals surface area (Å²) in [6.45, 7) is 2.04. The third-order valence-electron chi connectivity index (χ3n) is 4.10. The van der Waals surface area contributed by atoms with E-state index in [1.807, 2.05) is 0 Å². The maximum atomic E-state index is 12.8. The lowest BCUT2D eigenvalue weighted by atomic mass is 9.90. The molecule has 1 amide bonds. The second-order valence-corrected chi connectivity index (χ2v) is 5.68. The lowest BCUT2D eigenvalue weighted by molar-refractivity contribution is -0.139. The van der Waals surface area contributed by atoms with Crippen molar-refractivity contribution in [3.8, 4) is 5.75 Å². The summed E-state index contributed by atoms with van der Waals surface area (Å²) >= 11 is 0. The van der Waals surface area contributed by atoms with Gasteiger partial charge in [0.2, 0.25) is 0 Å². The van der Waals surface area contributed by atoms with Crippen LogP contribution >= 0.6 is 0 Å². The van der Waals surface area contributed by atoms with Gasteiger partial charge in [0.1, 0.15) is 5.75 Å². The van der Waals surface area contributed by atoms with Crippen molar-refractivity contribution >= 4 is 17.6 Å². The molecule has 0 spiro atoms. The second-order valence-electron chi connectivity index (χ2n) is 5.68. The molecule has 0 radical (unpaired) electrons. The van der Waals surface area contributed by atoms with E-state index in [1.54, 1.807) is 60.6 Å². The van der Waals surface area contributed by atoms with Crippen LogP contribution in [-0.2, 0) is 9.59 Å². The Bertz CT molecular complexity index is 748. The van der Waals surface area contributed by atoms with Crippen molar-refractivity contribution in [3.63, 3.8) is 0 Å². The van der Waals surface area contributed by atoms with Crippen LogP contribution < -0.4 is 9.64 Å². The number of amides is 1. The third-order valence-corrected chi connectivity index (χ3v) is 4.10. The number of rotatable bonds is 4. The van der Waals surface area contributed by atoms with E-state index in [4.69, 9.17) is 4.74 Å². The van der Waals surface area contributed by atoms with Gasteiger partial charge in [0.05, 0.1) is 12.1 Å². The molecule has 124 valence electrons. The first-order valence-electron chi connectivity index (χ1n) is 7.77. The van der Waals surface area contributed by atoms with Crippen LogP contribution in [0.25, 0.3) is 0 Å². The van der Waals surface area contributed by atoms with Crippen LogP contribution in [-0.4, -0.2) is 34.6 Å². The monoisotopic (exact) mass is 326 g/mol. The van der Waals surface area contributed by atoms with Gasteiger partial charge in [0, 0.05) is 18.4 Å². The zero-order valence-electron chi connectivity index (χ0n) is 13.3. The van der Waals surface area contributed by atoms with Gasteiger partial charge in [-0.2, -0.15) is 0 Å². The Labute approximate surface area is 139 Å². The number of ether oxygens (including phenoxy) is 1. The Morgan fingerprint density at radius 1 is 1.29 bits per heavy atom. The zero-order chi connectivity index (χ0) is 17.1. The number of carbonyl (C=O) groups is 2. The number of carbonyl (C=O) groups excluding carboxylic acids is 1. The molecule has 2 atom stereocenters. The van der Waals surface area contributed by atoms with Crippen LogP contribution in [0.2, 0.25) is 0 Å².